The lowest BCUT2D eigenvalue weighted by Gasteiger charge is -2.14. The van der Waals surface area contributed by atoms with Gasteiger partial charge in [-0.25, -0.2) is 4.98 Å². The van der Waals surface area contributed by atoms with Crippen LogP contribution in [-0.4, -0.2) is 22.5 Å². The second-order valence-corrected chi connectivity index (χ2v) is 5.47. The van der Waals surface area contributed by atoms with Gasteiger partial charge in [0.1, 0.15) is 17.5 Å². The second-order valence-electron chi connectivity index (χ2n) is 5.47. The van der Waals surface area contributed by atoms with E-state index < -0.39 is 0 Å². The molecule has 0 radical (unpaired) electrons. The lowest BCUT2D eigenvalue weighted by molar-refractivity contribution is -0.137. The molecule has 0 unspecified atom stereocenters. The molecule has 2 aromatic rings. The maximum atomic E-state index is 11.8. The molecule has 8 heteroatoms. The highest BCUT2D eigenvalue weighted by Crippen LogP contribution is 2.34. The number of carbonyl (C=O) groups excluding carboxylic acids is 1. The number of nitrogens with two attached hydrogens (primary N) is 2. The normalized spacial score (nSPS) is 10.4. The van der Waals surface area contributed by atoms with Crippen LogP contribution in [0, 0.1) is 17.2 Å². The Balaban J connectivity index is 2.53. The lowest BCUT2D eigenvalue weighted by atomic mass is 10.1. The van der Waals surface area contributed by atoms with Gasteiger partial charge in [0, 0.05) is 5.56 Å². The van der Waals surface area contributed by atoms with Crippen LogP contribution in [0.5, 0.6) is 11.5 Å². The van der Waals surface area contributed by atoms with Crippen LogP contribution in [-0.2, 0) is 4.79 Å². The van der Waals surface area contributed by atoms with Crippen molar-refractivity contribution in [3.8, 4) is 28.8 Å². The van der Waals surface area contributed by atoms with Crippen molar-refractivity contribution in [2.75, 3.05) is 18.1 Å². The van der Waals surface area contributed by atoms with E-state index in [0.29, 0.717) is 17.9 Å². The van der Waals surface area contributed by atoms with E-state index in [9.17, 15) is 10.1 Å². The highest BCUT2D eigenvalue weighted by atomic mass is 16.6. The molecule has 0 fully saturated rings. The summed E-state index contributed by atoms with van der Waals surface area (Å²) in [6.45, 7) is 5.66. The molecule has 0 amide bonds. The molecule has 0 saturated carbocycles. The van der Waals surface area contributed by atoms with Gasteiger partial charge in [0.05, 0.1) is 18.2 Å². The summed E-state index contributed by atoms with van der Waals surface area (Å²) in [7, 11) is 0. The zero-order valence-corrected chi connectivity index (χ0v) is 14.2. The molecule has 0 spiro atoms. The number of nitriles is 1. The van der Waals surface area contributed by atoms with Gasteiger partial charge in [-0.05, 0) is 25.1 Å². The number of aromatic nitrogens is 2. The van der Waals surface area contributed by atoms with E-state index in [2.05, 4.69) is 9.97 Å². The third kappa shape index (κ3) is 3.95. The SMILES string of the molecule is CCOc1cc(-c2nc(N)nc(N)c2C#N)ccc1OC(=O)C(C)C. The van der Waals surface area contributed by atoms with Crippen LogP contribution >= 0.6 is 0 Å². The minimum atomic E-state index is -0.373. The van der Waals surface area contributed by atoms with Gasteiger partial charge in [0.2, 0.25) is 5.95 Å². The van der Waals surface area contributed by atoms with Crippen molar-refractivity contribution in [3.05, 3.63) is 23.8 Å². The summed E-state index contributed by atoms with van der Waals surface area (Å²) in [4.78, 5) is 19.7. The van der Waals surface area contributed by atoms with E-state index in [1.54, 1.807) is 32.0 Å². The molecule has 1 aromatic carbocycles. The van der Waals surface area contributed by atoms with E-state index >= 15 is 0 Å². The van der Waals surface area contributed by atoms with Crippen LogP contribution in [0.4, 0.5) is 11.8 Å². The topological polar surface area (TPSA) is 137 Å². The smallest absolute Gasteiger partial charge is 0.313 e. The molecule has 8 nitrogen and oxygen atoms in total. The number of nitrogen functional groups attached to an aromatic ring is 2. The number of anilines is 2. The van der Waals surface area contributed by atoms with Crippen molar-refractivity contribution < 1.29 is 14.3 Å². The molecule has 0 aliphatic carbocycles. The van der Waals surface area contributed by atoms with Crippen molar-refractivity contribution in [2.45, 2.75) is 20.8 Å². The molecule has 0 aliphatic heterocycles. The number of hydrogen-bond donors (Lipinski definition) is 2. The minimum absolute atomic E-state index is 0.00160. The minimum Gasteiger partial charge on any atom is -0.490 e. The van der Waals surface area contributed by atoms with Crippen molar-refractivity contribution in [1.29, 1.82) is 5.26 Å². The van der Waals surface area contributed by atoms with E-state index in [1.165, 1.54) is 0 Å². The van der Waals surface area contributed by atoms with Crippen LogP contribution in [0.15, 0.2) is 18.2 Å². The third-order valence-corrected chi connectivity index (χ3v) is 3.27. The second kappa shape index (κ2) is 7.49. The van der Waals surface area contributed by atoms with E-state index in [0.717, 1.165) is 0 Å². The number of nitrogens with zero attached hydrogens (tertiary/aromatic N) is 3. The van der Waals surface area contributed by atoms with Gasteiger partial charge >= 0.3 is 5.97 Å². The van der Waals surface area contributed by atoms with Crippen molar-refractivity contribution in [2.24, 2.45) is 5.92 Å². The van der Waals surface area contributed by atoms with E-state index in [1.807, 2.05) is 13.0 Å². The largest absolute Gasteiger partial charge is 0.490 e. The summed E-state index contributed by atoms with van der Waals surface area (Å²) in [6.07, 6.45) is 0. The summed E-state index contributed by atoms with van der Waals surface area (Å²) in [6, 6.07) is 6.82. The quantitative estimate of drug-likeness (QED) is 0.623. The number of ether oxygens (including phenoxy) is 2. The third-order valence-electron chi connectivity index (χ3n) is 3.27. The monoisotopic (exact) mass is 341 g/mol. The first-order chi connectivity index (χ1) is 11.9. The maximum absolute atomic E-state index is 11.8. The Morgan fingerprint density at radius 3 is 2.60 bits per heavy atom. The van der Waals surface area contributed by atoms with Crippen LogP contribution in [0.1, 0.15) is 26.3 Å². The highest BCUT2D eigenvalue weighted by molar-refractivity contribution is 5.78. The molecule has 1 heterocycles. The first kappa shape index (κ1) is 18.0. The number of esters is 1. The van der Waals surface area contributed by atoms with Gasteiger partial charge in [-0.15, -0.1) is 0 Å². The zero-order chi connectivity index (χ0) is 18.6. The molecule has 130 valence electrons. The Hall–Kier alpha value is -3.34. The van der Waals surface area contributed by atoms with Crippen LogP contribution in [0.2, 0.25) is 0 Å². The molecule has 0 saturated heterocycles. The lowest BCUT2D eigenvalue weighted by Crippen LogP contribution is -2.15. The molecule has 2 rings (SSSR count). The number of rotatable bonds is 5. The number of carbonyl (C=O) groups is 1. The summed E-state index contributed by atoms with van der Waals surface area (Å²) in [5.74, 6) is -0.0488. The molecular formula is C17H19N5O3. The van der Waals surface area contributed by atoms with Gasteiger partial charge in [0.25, 0.3) is 0 Å². The average Bonchev–Trinajstić information content (AvgIpc) is 2.55. The summed E-state index contributed by atoms with van der Waals surface area (Å²) in [5.41, 5.74) is 12.3. The fraction of sp³-hybridized carbons (Fsp3) is 0.294. The van der Waals surface area contributed by atoms with Crippen LogP contribution < -0.4 is 20.9 Å². The Labute approximate surface area is 145 Å². The Morgan fingerprint density at radius 1 is 1.28 bits per heavy atom. The first-order valence-electron chi connectivity index (χ1n) is 7.69. The molecular weight excluding hydrogens is 322 g/mol. The van der Waals surface area contributed by atoms with Gasteiger partial charge < -0.3 is 20.9 Å². The summed E-state index contributed by atoms with van der Waals surface area (Å²) < 4.78 is 10.9. The molecule has 0 bridgehead atoms. The van der Waals surface area contributed by atoms with E-state index in [-0.39, 0.29) is 40.7 Å². The van der Waals surface area contributed by atoms with Crippen molar-refractivity contribution in [1.82, 2.24) is 9.97 Å². The molecule has 1 aromatic heterocycles. The van der Waals surface area contributed by atoms with Crippen LogP contribution in [0.25, 0.3) is 11.3 Å². The van der Waals surface area contributed by atoms with E-state index in [4.69, 9.17) is 20.9 Å². The van der Waals surface area contributed by atoms with Gasteiger partial charge in [-0.3, -0.25) is 4.79 Å². The fourth-order valence-corrected chi connectivity index (χ4v) is 2.05. The Kier molecular flexibility index (Phi) is 5.39. The van der Waals surface area contributed by atoms with Gasteiger partial charge in [0.15, 0.2) is 11.5 Å². The molecule has 0 aliphatic rings. The van der Waals surface area contributed by atoms with Gasteiger partial charge in [-0.2, -0.15) is 10.2 Å². The predicted molar refractivity (Wildman–Crippen MR) is 92.6 cm³/mol. The Morgan fingerprint density at radius 2 is 2.00 bits per heavy atom. The van der Waals surface area contributed by atoms with Gasteiger partial charge in [-0.1, -0.05) is 13.8 Å². The average molecular weight is 341 g/mol. The fourth-order valence-electron chi connectivity index (χ4n) is 2.05. The predicted octanol–water partition coefficient (Wildman–Crippen LogP) is 2.14. The van der Waals surface area contributed by atoms with Crippen molar-refractivity contribution >= 4 is 17.7 Å². The maximum Gasteiger partial charge on any atom is 0.313 e. The Bertz CT molecular complexity index is 843. The number of hydrogen-bond acceptors (Lipinski definition) is 8. The highest BCUT2D eigenvalue weighted by Gasteiger charge is 2.18. The molecule has 0 atom stereocenters. The standard InChI is InChI=1S/C17H19N5O3/c1-4-24-13-7-10(5-6-12(13)25-16(23)9(2)3)14-11(8-18)15(19)22-17(20)21-14/h5-7,9H,4H2,1-3H3,(H4,19,20,21,22). The van der Waals surface area contributed by atoms with Crippen LogP contribution in [0.3, 0.4) is 0 Å². The summed E-state index contributed by atoms with van der Waals surface area (Å²) in [5, 5.41) is 9.31. The van der Waals surface area contributed by atoms with Crippen molar-refractivity contribution in [3.63, 3.8) is 0 Å². The summed E-state index contributed by atoms with van der Waals surface area (Å²) >= 11 is 0. The number of benzene rings is 1. The molecule has 25 heavy (non-hydrogen) atoms. The first-order valence-corrected chi connectivity index (χ1v) is 7.69. The zero-order valence-electron chi connectivity index (χ0n) is 14.2. The molecule has 4 N–H and O–H groups in total.